The number of carboxylic acids is 1. The Hall–Kier alpha value is -2.10. The van der Waals surface area contributed by atoms with Gasteiger partial charge in [0, 0.05) is 23.5 Å². The zero-order valence-electron chi connectivity index (χ0n) is 16.0. The fourth-order valence-electron chi connectivity index (χ4n) is 3.23. The van der Waals surface area contributed by atoms with Gasteiger partial charge in [-0.25, -0.2) is 0 Å². The van der Waals surface area contributed by atoms with Gasteiger partial charge in [-0.2, -0.15) is 0 Å². The van der Waals surface area contributed by atoms with Crippen LogP contribution in [0.25, 0.3) is 6.08 Å². The number of carbonyl (C=O) groups is 1. The number of nitrogens with zero attached hydrogens (tertiary/aromatic N) is 1. The lowest BCUT2D eigenvalue weighted by Gasteiger charge is -2.02. The summed E-state index contributed by atoms with van der Waals surface area (Å²) in [6.45, 7) is 2.06. The standard InChI is InChI=1S/C22H32N2O2/c1-18-13-14-20(23-18)17-21-16-15-19(24-21)11-9-7-5-3-2-4-6-8-10-12-22(25)26/h13-17,23H,2-12H2,1H3,(H,25,26). The monoisotopic (exact) mass is 356 g/mol. The lowest BCUT2D eigenvalue weighted by Crippen LogP contribution is -1.93. The van der Waals surface area contributed by atoms with Gasteiger partial charge in [0.2, 0.25) is 0 Å². The molecule has 1 aliphatic rings. The Labute approximate surface area is 157 Å². The molecule has 2 N–H and O–H groups in total. The van der Waals surface area contributed by atoms with E-state index in [0.717, 1.165) is 30.7 Å². The molecule has 0 fully saturated rings. The smallest absolute Gasteiger partial charge is 0.303 e. The van der Waals surface area contributed by atoms with Crippen molar-refractivity contribution >= 4 is 17.8 Å². The van der Waals surface area contributed by atoms with Gasteiger partial charge in [-0.1, -0.05) is 44.9 Å². The molecular weight excluding hydrogens is 324 g/mol. The summed E-state index contributed by atoms with van der Waals surface area (Å²) in [6.07, 6.45) is 18.3. The molecular formula is C22H32N2O2. The zero-order valence-corrected chi connectivity index (χ0v) is 16.0. The first-order valence-corrected chi connectivity index (χ1v) is 9.98. The summed E-state index contributed by atoms with van der Waals surface area (Å²) in [6, 6.07) is 4.15. The third-order valence-electron chi connectivity index (χ3n) is 4.70. The van der Waals surface area contributed by atoms with E-state index >= 15 is 0 Å². The van der Waals surface area contributed by atoms with Crippen LogP contribution < -0.4 is 0 Å². The van der Waals surface area contributed by atoms with E-state index in [-0.39, 0.29) is 0 Å². The molecule has 1 aromatic rings. The molecule has 0 unspecified atom stereocenters. The Balaban J connectivity index is 1.48. The lowest BCUT2D eigenvalue weighted by molar-refractivity contribution is -0.137. The Kier molecular flexibility index (Phi) is 8.94. The molecule has 1 aromatic heterocycles. The van der Waals surface area contributed by atoms with E-state index < -0.39 is 5.97 Å². The average Bonchev–Trinajstić information content (AvgIpc) is 3.21. The minimum absolute atomic E-state index is 0.319. The number of carboxylic acid groups (broad SMARTS) is 1. The van der Waals surface area contributed by atoms with Crippen LogP contribution in [0.15, 0.2) is 35.0 Å². The topological polar surface area (TPSA) is 65.4 Å². The summed E-state index contributed by atoms with van der Waals surface area (Å²) in [5.74, 6) is -0.672. The molecule has 142 valence electrons. The second kappa shape index (κ2) is 11.5. The maximum atomic E-state index is 10.4. The molecule has 1 aliphatic heterocycles. The summed E-state index contributed by atoms with van der Waals surface area (Å²) in [4.78, 5) is 18.4. The van der Waals surface area contributed by atoms with Gasteiger partial charge in [-0.05, 0) is 56.5 Å². The first-order valence-electron chi connectivity index (χ1n) is 9.98. The number of hydrogen-bond donors (Lipinski definition) is 2. The number of H-pyrrole nitrogens is 1. The number of allylic oxidation sites excluding steroid dienone is 2. The highest BCUT2D eigenvalue weighted by molar-refractivity contribution is 5.99. The molecule has 4 nitrogen and oxygen atoms in total. The van der Waals surface area contributed by atoms with Crippen molar-refractivity contribution in [3.05, 3.63) is 41.4 Å². The van der Waals surface area contributed by atoms with Crippen LogP contribution in [0.2, 0.25) is 0 Å². The number of aliphatic carboxylic acids is 1. The van der Waals surface area contributed by atoms with Crippen molar-refractivity contribution in [2.75, 3.05) is 0 Å². The van der Waals surface area contributed by atoms with Crippen molar-refractivity contribution < 1.29 is 9.90 Å². The molecule has 0 amide bonds. The summed E-state index contributed by atoms with van der Waals surface area (Å²) in [5.41, 5.74) is 4.50. The van der Waals surface area contributed by atoms with E-state index in [1.807, 2.05) is 0 Å². The van der Waals surface area contributed by atoms with Crippen LogP contribution in [0.4, 0.5) is 0 Å². The quantitative estimate of drug-likeness (QED) is 0.422. The molecule has 0 aromatic carbocycles. The van der Waals surface area contributed by atoms with E-state index in [2.05, 4.69) is 47.3 Å². The van der Waals surface area contributed by atoms with E-state index in [9.17, 15) is 4.79 Å². The van der Waals surface area contributed by atoms with E-state index in [1.165, 1.54) is 56.4 Å². The van der Waals surface area contributed by atoms with Gasteiger partial charge in [-0.3, -0.25) is 9.79 Å². The molecule has 26 heavy (non-hydrogen) atoms. The van der Waals surface area contributed by atoms with Crippen LogP contribution in [0.1, 0.15) is 82.0 Å². The van der Waals surface area contributed by atoms with Gasteiger partial charge < -0.3 is 10.1 Å². The molecule has 0 saturated heterocycles. The molecule has 0 bridgehead atoms. The Bertz CT molecular complexity index is 653. The van der Waals surface area contributed by atoms with Gasteiger partial charge in [0.05, 0.1) is 5.70 Å². The van der Waals surface area contributed by atoms with Crippen LogP contribution in [0, 0.1) is 6.92 Å². The number of aromatic amines is 1. The predicted molar refractivity (Wildman–Crippen MR) is 109 cm³/mol. The number of nitrogens with one attached hydrogen (secondary N) is 1. The third kappa shape index (κ3) is 8.32. The number of hydrogen-bond acceptors (Lipinski definition) is 2. The Morgan fingerprint density at radius 1 is 1.00 bits per heavy atom. The third-order valence-corrected chi connectivity index (χ3v) is 4.70. The second-order valence-corrected chi connectivity index (χ2v) is 7.18. The average molecular weight is 357 g/mol. The van der Waals surface area contributed by atoms with Crippen LogP contribution >= 0.6 is 0 Å². The predicted octanol–water partition coefficient (Wildman–Crippen LogP) is 6.05. The zero-order chi connectivity index (χ0) is 18.6. The molecule has 2 heterocycles. The first kappa shape index (κ1) is 20.2. The van der Waals surface area contributed by atoms with Crippen molar-refractivity contribution in [2.24, 2.45) is 4.99 Å². The van der Waals surface area contributed by atoms with Crippen LogP contribution in [-0.2, 0) is 4.79 Å². The van der Waals surface area contributed by atoms with Crippen LogP contribution in [0.5, 0.6) is 0 Å². The Morgan fingerprint density at radius 2 is 1.65 bits per heavy atom. The summed E-state index contributed by atoms with van der Waals surface area (Å²) in [5, 5.41) is 8.58. The van der Waals surface area contributed by atoms with Crippen LogP contribution in [-0.4, -0.2) is 21.8 Å². The van der Waals surface area contributed by atoms with E-state index in [1.54, 1.807) is 0 Å². The maximum Gasteiger partial charge on any atom is 0.303 e. The number of rotatable bonds is 13. The fourth-order valence-corrected chi connectivity index (χ4v) is 3.23. The highest BCUT2D eigenvalue weighted by Crippen LogP contribution is 2.17. The van der Waals surface area contributed by atoms with Crippen molar-refractivity contribution in [1.82, 2.24) is 4.98 Å². The van der Waals surface area contributed by atoms with Crippen molar-refractivity contribution in [1.29, 1.82) is 0 Å². The minimum atomic E-state index is -0.672. The number of aliphatic imine (C=N–C) groups is 1. The highest BCUT2D eigenvalue weighted by atomic mass is 16.4. The van der Waals surface area contributed by atoms with Gasteiger partial charge in [0.15, 0.2) is 0 Å². The maximum absolute atomic E-state index is 10.4. The molecule has 0 radical (unpaired) electrons. The summed E-state index contributed by atoms with van der Waals surface area (Å²) >= 11 is 0. The second-order valence-electron chi connectivity index (χ2n) is 7.18. The largest absolute Gasteiger partial charge is 0.481 e. The molecule has 0 spiro atoms. The number of unbranched alkanes of at least 4 members (excludes halogenated alkanes) is 8. The number of aryl methyl sites for hydroxylation is 1. The SMILES string of the molecule is Cc1ccc(C=C2C=CC(CCCCCCCCCCCC(=O)O)=N2)[nH]1. The van der Waals surface area contributed by atoms with Gasteiger partial charge in [0.25, 0.3) is 0 Å². The van der Waals surface area contributed by atoms with Crippen molar-refractivity contribution in [2.45, 2.75) is 77.6 Å². The van der Waals surface area contributed by atoms with E-state index in [4.69, 9.17) is 5.11 Å². The molecule has 0 aliphatic carbocycles. The van der Waals surface area contributed by atoms with E-state index in [0.29, 0.717) is 6.42 Å². The Morgan fingerprint density at radius 3 is 2.27 bits per heavy atom. The summed E-state index contributed by atoms with van der Waals surface area (Å²) in [7, 11) is 0. The van der Waals surface area contributed by atoms with Crippen molar-refractivity contribution in [3.8, 4) is 0 Å². The highest BCUT2D eigenvalue weighted by Gasteiger charge is 2.05. The number of aromatic nitrogens is 1. The molecule has 0 atom stereocenters. The van der Waals surface area contributed by atoms with Crippen LogP contribution in [0.3, 0.4) is 0 Å². The summed E-state index contributed by atoms with van der Waals surface area (Å²) < 4.78 is 0. The van der Waals surface area contributed by atoms with Crippen molar-refractivity contribution in [3.63, 3.8) is 0 Å². The van der Waals surface area contributed by atoms with Gasteiger partial charge in [0.1, 0.15) is 0 Å². The first-order chi connectivity index (χ1) is 12.6. The molecule has 4 heteroatoms. The normalized spacial score (nSPS) is 15.0. The van der Waals surface area contributed by atoms with Gasteiger partial charge in [-0.15, -0.1) is 0 Å². The molecule has 2 rings (SSSR count). The lowest BCUT2D eigenvalue weighted by atomic mass is 10.0. The van der Waals surface area contributed by atoms with Gasteiger partial charge >= 0.3 is 5.97 Å². The molecule has 0 saturated carbocycles. The fraction of sp³-hybridized carbons (Fsp3) is 0.545. The minimum Gasteiger partial charge on any atom is -0.481 e.